The van der Waals surface area contributed by atoms with E-state index in [2.05, 4.69) is 39.1 Å². The van der Waals surface area contributed by atoms with Gasteiger partial charge in [0.25, 0.3) is 0 Å². The molecule has 184 valence electrons. The minimum atomic E-state index is -3.35. The molecule has 2 unspecified atom stereocenters. The average molecular weight is 576 g/mol. The van der Waals surface area contributed by atoms with Crippen LogP contribution in [-0.4, -0.2) is 96.8 Å². The highest BCUT2D eigenvalue weighted by atomic mass is 127. The minimum Gasteiger partial charge on any atom is -0.379 e. The summed E-state index contributed by atoms with van der Waals surface area (Å²) in [4.78, 5) is 6.70. The number of sulfonamides is 1. The van der Waals surface area contributed by atoms with Crippen molar-refractivity contribution in [2.24, 2.45) is 10.9 Å². The molecule has 0 aromatic rings. The van der Waals surface area contributed by atoms with Crippen LogP contribution in [0.2, 0.25) is 0 Å². The Labute approximate surface area is 205 Å². The number of ether oxygens (including phenoxy) is 2. The van der Waals surface area contributed by atoms with Gasteiger partial charge in [-0.15, -0.1) is 24.0 Å². The average Bonchev–Trinajstić information content (AvgIpc) is 2.75. The van der Waals surface area contributed by atoms with Crippen LogP contribution in [-0.2, 0) is 19.5 Å². The maximum atomic E-state index is 12.3. The Kier molecular flexibility index (Phi) is 14.5. The predicted octanol–water partition coefficient (Wildman–Crippen LogP) is 1.00. The third-order valence-corrected chi connectivity index (χ3v) is 6.85. The standard InChI is InChI=1S/C20H41N5O4S.HI/c1-17(2)14-18(25-8-11-28-12-9-25)15-23-20(21-3)22-7-13-30(26,27)24-16-19-6-4-5-10-29-19;/h17-19,24H,4-16H2,1-3H3,(H2,21,22,23);1H. The fraction of sp³-hybridized carbons (Fsp3) is 0.950. The summed E-state index contributed by atoms with van der Waals surface area (Å²) in [5.74, 6) is 1.22. The zero-order valence-corrected chi connectivity index (χ0v) is 22.4. The Bertz CT molecular complexity index is 609. The van der Waals surface area contributed by atoms with Crippen LogP contribution < -0.4 is 15.4 Å². The van der Waals surface area contributed by atoms with Crippen molar-refractivity contribution in [3.63, 3.8) is 0 Å². The Morgan fingerprint density at radius 3 is 2.52 bits per heavy atom. The van der Waals surface area contributed by atoms with Gasteiger partial charge in [0, 0.05) is 52.4 Å². The Balaban J connectivity index is 0.00000480. The van der Waals surface area contributed by atoms with E-state index in [4.69, 9.17) is 9.47 Å². The number of nitrogens with zero attached hydrogens (tertiary/aromatic N) is 2. The molecule has 31 heavy (non-hydrogen) atoms. The molecule has 0 aliphatic carbocycles. The van der Waals surface area contributed by atoms with Gasteiger partial charge in [0.05, 0.1) is 25.1 Å². The third kappa shape index (κ3) is 12.0. The third-order valence-electron chi connectivity index (χ3n) is 5.50. The fourth-order valence-corrected chi connectivity index (χ4v) is 4.80. The summed E-state index contributed by atoms with van der Waals surface area (Å²) in [6, 6.07) is 0.397. The Hall–Kier alpha value is -0.210. The first kappa shape index (κ1) is 28.8. The molecule has 9 nitrogen and oxygen atoms in total. The van der Waals surface area contributed by atoms with E-state index < -0.39 is 10.0 Å². The van der Waals surface area contributed by atoms with Crippen molar-refractivity contribution in [1.82, 2.24) is 20.3 Å². The second-order valence-electron chi connectivity index (χ2n) is 8.47. The molecule has 2 rings (SSSR count). The molecule has 3 N–H and O–H groups in total. The van der Waals surface area contributed by atoms with Crippen LogP contribution in [0.15, 0.2) is 4.99 Å². The van der Waals surface area contributed by atoms with Crippen LogP contribution in [0.25, 0.3) is 0 Å². The molecular formula is C20H42IN5O4S. The number of nitrogens with one attached hydrogen (secondary N) is 3. The first-order valence-electron chi connectivity index (χ1n) is 11.2. The molecule has 0 amide bonds. The summed E-state index contributed by atoms with van der Waals surface area (Å²) in [6.07, 6.45) is 4.15. The van der Waals surface area contributed by atoms with Gasteiger partial charge in [-0.3, -0.25) is 9.89 Å². The molecular weight excluding hydrogens is 533 g/mol. The summed E-state index contributed by atoms with van der Waals surface area (Å²) in [5, 5.41) is 6.48. The van der Waals surface area contributed by atoms with E-state index in [1.807, 2.05) is 0 Å². The van der Waals surface area contributed by atoms with E-state index in [1.54, 1.807) is 7.05 Å². The van der Waals surface area contributed by atoms with Gasteiger partial charge in [-0.1, -0.05) is 13.8 Å². The van der Waals surface area contributed by atoms with E-state index in [9.17, 15) is 8.42 Å². The van der Waals surface area contributed by atoms with E-state index in [0.29, 0.717) is 31.0 Å². The lowest BCUT2D eigenvalue weighted by molar-refractivity contribution is 0.0132. The minimum absolute atomic E-state index is 0. The maximum Gasteiger partial charge on any atom is 0.213 e. The van der Waals surface area contributed by atoms with Crippen molar-refractivity contribution in [3.05, 3.63) is 0 Å². The smallest absolute Gasteiger partial charge is 0.213 e. The number of hydrogen-bond donors (Lipinski definition) is 3. The quantitative estimate of drug-likeness (QED) is 0.192. The van der Waals surface area contributed by atoms with E-state index in [0.717, 1.165) is 65.1 Å². The SMILES string of the molecule is CN=C(NCCS(=O)(=O)NCC1CCCCO1)NCC(CC(C)C)N1CCOCC1.I. The number of hydrogen-bond acceptors (Lipinski definition) is 6. The van der Waals surface area contributed by atoms with E-state index in [-0.39, 0.29) is 35.8 Å². The zero-order chi connectivity index (χ0) is 21.8. The highest BCUT2D eigenvalue weighted by molar-refractivity contribution is 14.0. The number of guanidine groups is 1. The summed E-state index contributed by atoms with van der Waals surface area (Å²) >= 11 is 0. The number of halogens is 1. The molecule has 2 aliphatic rings. The number of aliphatic imine (C=N–C) groups is 1. The van der Waals surface area contributed by atoms with Crippen LogP contribution >= 0.6 is 24.0 Å². The monoisotopic (exact) mass is 575 g/mol. The van der Waals surface area contributed by atoms with Gasteiger partial charge >= 0.3 is 0 Å². The predicted molar refractivity (Wildman–Crippen MR) is 136 cm³/mol. The van der Waals surface area contributed by atoms with Crippen LogP contribution in [0.1, 0.15) is 39.5 Å². The van der Waals surface area contributed by atoms with Crippen molar-refractivity contribution in [3.8, 4) is 0 Å². The van der Waals surface area contributed by atoms with Crippen molar-refractivity contribution in [2.45, 2.75) is 51.7 Å². The second-order valence-corrected chi connectivity index (χ2v) is 10.4. The van der Waals surface area contributed by atoms with Crippen LogP contribution in [0.5, 0.6) is 0 Å². The molecule has 0 saturated carbocycles. The summed E-state index contributed by atoms with van der Waals surface area (Å²) < 4.78 is 38.2. The lowest BCUT2D eigenvalue weighted by Gasteiger charge is -2.35. The molecule has 0 spiro atoms. The van der Waals surface area contributed by atoms with Crippen molar-refractivity contribution in [2.75, 3.05) is 65.3 Å². The molecule has 11 heteroatoms. The molecule has 2 atom stereocenters. The first-order valence-corrected chi connectivity index (χ1v) is 12.9. The largest absolute Gasteiger partial charge is 0.379 e. The van der Waals surface area contributed by atoms with Gasteiger partial charge in [0.2, 0.25) is 10.0 Å². The normalized spacial score (nSPS) is 22.1. The number of rotatable bonds is 11. The summed E-state index contributed by atoms with van der Waals surface area (Å²) in [5.41, 5.74) is 0. The van der Waals surface area contributed by atoms with Crippen LogP contribution in [0, 0.1) is 5.92 Å². The lowest BCUT2D eigenvalue weighted by Crippen LogP contribution is -2.51. The Morgan fingerprint density at radius 2 is 1.90 bits per heavy atom. The van der Waals surface area contributed by atoms with Gasteiger partial charge in [-0.2, -0.15) is 0 Å². The first-order chi connectivity index (χ1) is 14.4. The summed E-state index contributed by atoms with van der Waals surface area (Å²) in [6.45, 7) is 10.0. The molecule has 0 radical (unpaired) electrons. The second kappa shape index (κ2) is 15.6. The van der Waals surface area contributed by atoms with Gasteiger partial charge in [0.1, 0.15) is 0 Å². The highest BCUT2D eigenvalue weighted by Crippen LogP contribution is 2.13. The molecule has 2 aliphatic heterocycles. The van der Waals surface area contributed by atoms with Crippen LogP contribution in [0.3, 0.4) is 0 Å². The molecule has 2 heterocycles. The van der Waals surface area contributed by atoms with Crippen molar-refractivity contribution < 1.29 is 17.9 Å². The summed E-state index contributed by atoms with van der Waals surface area (Å²) in [7, 11) is -1.64. The van der Waals surface area contributed by atoms with E-state index >= 15 is 0 Å². The number of morpholine rings is 1. The molecule has 2 saturated heterocycles. The molecule has 0 aromatic heterocycles. The highest BCUT2D eigenvalue weighted by Gasteiger charge is 2.22. The van der Waals surface area contributed by atoms with Crippen LogP contribution in [0.4, 0.5) is 0 Å². The van der Waals surface area contributed by atoms with Gasteiger partial charge in [0.15, 0.2) is 5.96 Å². The van der Waals surface area contributed by atoms with Gasteiger partial charge in [-0.05, 0) is 31.6 Å². The topological polar surface area (TPSA) is 104 Å². The van der Waals surface area contributed by atoms with Gasteiger partial charge < -0.3 is 20.1 Å². The Morgan fingerprint density at radius 1 is 1.16 bits per heavy atom. The molecule has 0 aromatic carbocycles. The molecule has 0 bridgehead atoms. The van der Waals surface area contributed by atoms with Gasteiger partial charge in [-0.25, -0.2) is 13.1 Å². The lowest BCUT2D eigenvalue weighted by atomic mass is 10.0. The molecule has 2 fully saturated rings. The zero-order valence-electron chi connectivity index (χ0n) is 19.3. The van der Waals surface area contributed by atoms with E-state index in [1.165, 1.54) is 0 Å². The van der Waals surface area contributed by atoms with Crippen molar-refractivity contribution >= 4 is 40.0 Å². The fourth-order valence-electron chi connectivity index (χ4n) is 3.85. The maximum absolute atomic E-state index is 12.3. The van der Waals surface area contributed by atoms with Crippen molar-refractivity contribution in [1.29, 1.82) is 0 Å².